The smallest absolute Gasteiger partial charge is 0.323 e. The van der Waals surface area contributed by atoms with Gasteiger partial charge in [0.05, 0.1) is 0 Å². The van der Waals surface area contributed by atoms with E-state index in [0.29, 0.717) is 12.1 Å². The fourth-order valence-corrected chi connectivity index (χ4v) is 3.23. The Morgan fingerprint density at radius 3 is 2.25 bits per heavy atom. The molecular formula is C13H25NO2. The number of carboxylic acids is 1. The number of nitrogens with zero attached hydrogens (tertiary/aromatic N) is 1. The summed E-state index contributed by atoms with van der Waals surface area (Å²) in [4.78, 5) is 13.8. The molecular weight excluding hydrogens is 202 g/mol. The molecule has 1 aliphatic rings. The lowest BCUT2D eigenvalue weighted by atomic mass is 9.86. The standard InChI is InChI=1S/C13H25NO2/c1-5-9-13(4,12(15)16)14-10(2)7-6-8-11(14)3/h10-11H,5-9H2,1-4H3,(H,15,16). The molecule has 0 spiro atoms. The van der Waals surface area contributed by atoms with Gasteiger partial charge in [0.25, 0.3) is 0 Å². The Morgan fingerprint density at radius 1 is 1.38 bits per heavy atom. The molecule has 0 saturated carbocycles. The lowest BCUT2D eigenvalue weighted by Gasteiger charge is -2.48. The van der Waals surface area contributed by atoms with Crippen LogP contribution in [0.25, 0.3) is 0 Å². The molecule has 3 nitrogen and oxygen atoms in total. The van der Waals surface area contributed by atoms with Crippen LogP contribution in [0.2, 0.25) is 0 Å². The van der Waals surface area contributed by atoms with Gasteiger partial charge in [-0.15, -0.1) is 0 Å². The first kappa shape index (κ1) is 13.5. The van der Waals surface area contributed by atoms with Crippen molar-refractivity contribution in [1.82, 2.24) is 4.90 Å². The van der Waals surface area contributed by atoms with Crippen LogP contribution in [-0.2, 0) is 4.79 Å². The van der Waals surface area contributed by atoms with Crippen molar-refractivity contribution in [2.75, 3.05) is 0 Å². The second-order valence-electron chi connectivity index (χ2n) is 5.37. The number of rotatable bonds is 4. The van der Waals surface area contributed by atoms with E-state index in [4.69, 9.17) is 0 Å². The number of carboxylic acid groups (broad SMARTS) is 1. The zero-order valence-corrected chi connectivity index (χ0v) is 11.0. The summed E-state index contributed by atoms with van der Waals surface area (Å²) in [6.45, 7) is 8.26. The Morgan fingerprint density at radius 2 is 1.88 bits per heavy atom. The summed E-state index contributed by atoms with van der Waals surface area (Å²) in [5.41, 5.74) is -0.687. The first-order chi connectivity index (χ1) is 7.43. The molecule has 0 bridgehead atoms. The molecule has 3 unspecified atom stereocenters. The van der Waals surface area contributed by atoms with Gasteiger partial charge < -0.3 is 5.11 Å². The van der Waals surface area contributed by atoms with Crippen molar-refractivity contribution >= 4 is 5.97 Å². The molecule has 1 heterocycles. The summed E-state index contributed by atoms with van der Waals surface area (Å²) < 4.78 is 0. The van der Waals surface area contributed by atoms with Crippen LogP contribution in [0.1, 0.15) is 59.8 Å². The van der Waals surface area contributed by atoms with Crippen LogP contribution in [0, 0.1) is 0 Å². The third-order valence-electron chi connectivity index (χ3n) is 3.96. The molecule has 1 fully saturated rings. The maximum Gasteiger partial charge on any atom is 0.323 e. The first-order valence-corrected chi connectivity index (χ1v) is 6.45. The number of aliphatic carboxylic acids is 1. The lowest BCUT2D eigenvalue weighted by Crippen LogP contribution is -2.60. The van der Waals surface area contributed by atoms with Crippen LogP contribution in [0.5, 0.6) is 0 Å². The molecule has 0 aromatic heterocycles. The third-order valence-corrected chi connectivity index (χ3v) is 3.96. The monoisotopic (exact) mass is 227 g/mol. The summed E-state index contributed by atoms with van der Waals surface area (Å²) in [6, 6.07) is 0.771. The van der Waals surface area contributed by atoms with E-state index < -0.39 is 11.5 Å². The third kappa shape index (κ3) is 2.40. The molecule has 0 aromatic rings. The van der Waals surface area contributed by atoms with Crippen LogP contribution in [0.15, 0.2) is 0 Å². The Hall–Kier alpha value is -0.570. The molecule has 0 radical (unpaired) electrons. The van der Waals surface area contributed by atoms with E-state index in [1.165, 1.54) is 6.42 Å². The fraction of sp³-hybridized carbons (Fsp3) is 0.923. The van der Waals surface area contributed by atoms with E-state index in [1.54, 1.807) is 0 Å². The predicted octanol–water partition coefficient (Wildman–Crippen LogP) is 2.89. The number of hydrogen-bond donors (Lipinski definition) is 1. The largest absolute Gasteiger partial charge is 0.480 e. The SMILES string of the molecule is CCCC(C)(C(=O)O)N1C(C)CCCC1C. The van der Waals surface area contributed by atoms with Gasteiger partial charge in [-0.3, -0.25) is 9.69 Å². The van der Waals surface area contributed by atoms with Crippen molar-refractivity contribution in [2.24, 2.45) is 0 Å². The van der Waals surface area contributed by atoms with Gasteiger partial charge >= 0.3 is 5.97 Å². The van der Waals surface area contributed by atoms with Crippen molar-refractivity contribution in [2.45, 2.75) is 77.4 Å². The number of carbonyl (C=O) groups is 1. The topological polar surface area (TPSA) is 40.5 Å². The molecule has 3 atom stereocenters. The van der Waals surface area contributed by atoms with Crippen molar-refractivity contribution in [1.29, 1.82) is 0 Å². The molecule has 0 aromatic carbocycles. The van der Waals surface area contributed by atoms with E-state index in [2.05, 4.69) is 25.7 Å². The average molecular weight is 227 g/mol. The van der Waals surface area contributed by atoms with Gasteiger partial charge in [0.1, 0.15) is 5.54 Å². The highest BCUT2D eigenvalue weighted by molar-refractivity contribution is 5.78. The predicted molar refractivity (Wildman–Crippen MR) is 65.6 cm³/mol. The highest BCUT2D eigenvalue weighted by Gasteiger charge is 2.44. The second kappa shape index (κ2) is 5.17. The summed E-state index contributed by atoms with van der Waals surface area (Å²) in [7, 11) is 0. The minimum Gasteiger partial charge on any atom is -0.480 e. The highest BCUT2D eigenvalue weighted by Crippen LogP contribution is 2.33. The normalized spacial score (nSPS) is 31.0. The van der Waals surface area contributed by atoms with Gasteiger partial charge in [-0.2, -0.15) is 0 Å². The molecule has 0 amide bonds. The second-order valence-corrected chi connectivity index (χ2v) is 5.37. The number of hydrogen-bond acceptors (Lipinski definition) is 2. The molecule has 0 aliphatic carbocycles. The lowest BCUT2D eigenvalue weighted by molar-refractivity contribution is -0.156. The molecule has 16 heavy (non-hydrogen) atoms. The zero-order chi connectivity index (χ0) is 12.3. The van der Waals surface area contributed by atoms with Gasteiger partial charge in [0, 0.05) is 12.1 Å². The molecule has 94 valence electrons. The molecule has 1 rings (SSSR count). The summed E-state index contributed by atoms with van der Waals surface area (Å²) in [5.74, 6) is -0.671. The Labute approximate surface area is 98.8 Å². The Balaban J connectivity index is 2.95. The van der Waals surface area contributed by atoms with E-state index in [1.807, 2.05) is 6.92 Å². The van der Waals surface area contributed by atoms with Crippen LogP contribution < -0.4 is 0 Å². The number of piperidine rings is 1. The molecule has 1 N–H and O–H groups in total. The fourth-order valence-electron chi connectivity index (χ4n) is 3.23. The zero-order valence-electron chi connectivity index (χ0n) is 11.0. The molecule has 1 aliphatic heterocycles. The van der Waals surface area contributed by atoms with Crippen molar-refractivity contribution < 1.29 is 9.90 Å². The van der Waals surface area contributed by atoms with Crippen LogP contribution in [0.4, 0.5) is 0 Å². The van der Waals surface area contributed by atoms with Crippen molar-refractivity contribution in [3.05, 3.63) is 0 Å². The maximum atomic E-state index is 11.6. The van der Waals surface area contributed by atoms with Crippen molar-refractivity contribution in [3.8, 4) is 0 Å². The molecule has 1 saturated heterocycles. The van der Waals surface area contributed by atoms with E-state index in [0.717, 1.165) is 25.7 Å². The maximum absolute atomic E-state index is 11.6. The van der Waals surface area contributed by atoms with Gasteiger partial charge in [-0.25, -0.2) is 0 Å². The van der Waals surface area contributed by atoms with Gasteiger partial charge in [0.2, 0.25) is 0 Å². The summed E-state index contributed by atoms with van der Waals surface area (Å²) in [5, 5.41) is 9.51. The quantitative estimate of drug-likeness (QED) is 0.802. The Bertz CT molecular complexity index is 244. The minimum absolute atomic E-state index is 0.386. The van der Waals surface area contributed by atoms with Crippen LogP contribution >= 0.6 is 0 Å². The van der Waals surface area contributed by atoms with E-state index in [9.17, 15) is 9.90 Å². The summed E-state index contributed by atoms with van der Waals surface area (Å²) in [6.07, 6.45) is 5.12. The van der Waals surface area contributed by atoms with Gasteiger partial charge in [-0.05, 0) is 40.0 Å². The molecule has 3 heteroatoms. The average Bonchev–Trinajstić information content (AvgIpc) is 2.17. The first-order valence-electron chi connectivity index (χ1n) is 6.45. The van der Waals surface area contributed by atoms with Crippen LogP contribution in [-0.4, -0.2) is 33.6 Å². The van der Waals surface area contributed by atoms with Gasteiger partial charge in [-0.1, -0.05) is 19.8 Å². The number of likely N-dealkylation sites (tertiary alicyclic amines) is 1. The minimum atomic E-state index is -0.687. The van der Waals surface area contributed by atoms with E-state index >= 15 is 0 Å². The van der Waals surface area contributed by atoms with Crippen LogP contribution in [0.3, 0.4) is 0 Å². The Kier molecular flexibility index (Phi) is 4.36. The summed E-state index contributed by atoms with van der Waals surface area (Å²) >= 11 is 0. The highest BCUT2D eigenvalue weighted by atomic mass is 16.4. The van der Waals surface area contributed by atoms with Crippen molar-refractivity contribution in [3.63, 3.8) is 0 Å². The van der Waals surface area contributed by atoms with Gasteiger partial charge in [0.15, 0.2) is 0 Å². The van der Waals surface area contributed by atoms with E-state index in [-0.39, 0.29) is 0 Å².